The SMILES string of the molecule is C[C@H](CO)N1C[C@H](C)[C@@H](CN(C)C(=O)C2CC2)Oc2cc(C#Cc3cccnc3)ccc2S1(=O)=O. The predicted octanol–water partition coefficient (Wildman–Crippen LogP) is 2.12. The highest BCUT2D eigenvalue weighted by Gasteiger charge is 2.39. The molecule has 1 saturated carbocycles. The Kier molecular flexibility index (Phi) is 7.45. The first kappa shape index (κ1) is 25.2. The Labute approximate surface area is 207 Å². The standard InChI is InChI=1S/C26H31N3O5S/c1-18-15-29(19(2)17-30)35(32,33)25-11-8-20(6-7-21-5-4-12-27-14-21)13-23(25)34-24(18)16-28(3)26(31)22-9-10-22/h4-5,8,11-14,18-19,22,24,30H,9-10,15-17H2,1-3H3/t18-,19+,24+/m0/s1. The third kappa shape index (κ3) is 5.67. The van der Waals surface area contributed by atoms with Gasteiger partial charge in [-0.2, -0.15) is 4.31 Å². The number of hydrogen-bond donors (Lipinski definition) is 1. The molecule has 1 fully saturated rings. The van der Waals surface area contributed by atoms with Gasteiger partial charge in [0.05, 0.1) is 13.2 Å². The summed E-state index contributed by atoms with van der Waals surface area (Å²) in [6.45, 7) is 3.79. The first-order valence-electron chi connectivity index (χ1n) is 11.8. The zero-order valence-electron chi connectivity index (χ0n) is 20.2. The number of pyridine rings is 1. The topological polar surface area (TPSA) is 100 Å². The number of rotatable bonds is 5. The molecule has 35 heavy (non-hydrogen) atoms. The summed E-state index contributed by atoms with van der Waals surface area (Å²) < 4.78 is 34.8. The first-order chi connectivity index (χ1) is 16.7. The smallest absolute Gasteiger partial charge is 0.247 e. The van der Waals surface area contributed by atoms with Crippen molar-refractivity contribution in [1.82, 2.24) is 14.2 Å². The highest BCUT2D eigenvalue weighted by atomic mass is 32.2. The number of amides is 1. The van der Waals surface area contributed by atoms with E-state index < -0.39 is 22.2 Å². The van der Waals surface area contributed by atoms with Gasteiger partial charge >= 0.3 is 0 Å². The number of carbonyl (C=O) groups is 1. The Hall–Kier alpha value is -2.93. The molecular weight excluding hydrogens is 466 g/mol. The second-order valence-corrected chi connectivity index (χ2v) is 11.2. The molecule has 3 atom stereocenters. The number of sulfonamides is 1. The number of aliphatic hydroxyl groups is 1. The summed E-state index contributed by atoms with van der Waals surface area (Å²) in [5.74, 6) is 6.21. The van der Waals surface area contributed by atoms with Crippen LogP contribution in [0.4, 0.5) is 0 Å². The summed E-state index contributed by atoms with van der Waals surface area (Å²) in [5, 5.41) is 9.78. The molecule has 2 heterocycles. The summed E-state index contributed by atoms with van der Waals surface area (Å²) >= 11 is 0. The largest absolute Gasteiger partial charge is 0.487 e. The molecule has 2 aromatic rings. The second-order valence-electron chi connectivity index (χ2n) is 9.39. The molecule has 1 aromatic heterocycles. The van der Waals surface area contributed by atoms with Gasteiger partial charge in [-0.25, -0.2) is 8.42 Å². The van der Waals surface area contributed by atoms with Crippen molar-refractivity contribution in [2.45, 2.75) is 43.7 Å². The summed E-state index contributed by atoms with van der Waals surface area (Å²) in [4.78, 5) is 18.3. The molecule has 8 nitrogen and oxygen atoms in total. The quantitative estimate of drug-likeness (QED) is 0.636. The van der Waals surface area contributed by atoms with Crippen LogP contribution in [0.2, 0.25) is 0 Å². The molecule has 0 spiro atoms. The fourth-order valence-electron chi connectivity index (χ4n) is 4.10. The Morgan fingerprint density at radius 1 is 1.29 bits per heavy atom. The minimum atomic E-state index is -3.93. The van der Waals surface area contributed by atoms with E-state index >= 15 is 0 Å². The van der Waals surface area contributed by atoms with Crippen molar-refractivity contribution in [2.24, 2.45) is 11.8 Å². The van der Waals surface area contributed by atoms with Crippen molar-refractivity contribution in [3.63, 3.8) is 0 Å². The van der Waals surface area contributed by atoms with E-state index in [1.54, 1.807) is 49.5 Å². The Morgan fingerprint density at radius 2 is 2.03 bits per heavy atom. The van der Waals surface area contributed by atoms with Crippen LogP contribution < -0.4 is 4.74 Å². The number of carbonyl (C=O) groups excluding carboxylic acids is 1. The van der Waals surface area contributed by atoms with Gasteiger partial charge in [-0.1, -0.05) is 18.8 Å². The summed E-state index contributed by atoms with van der Waals surface area (Å²) in [6.07, 6.45) is 4.70. The summed E-state index contributed by atoms with van der Waals surface area (Å²) in [7, 11) is -2.17. The zero-order chi connectivity index (χ0) is 25.2. The maximum Gasteiger partial charge on any atom is 0.247 e. The number of benzene rings is 1. The van der Waals surface area contributed by atoms with Crippen molar-refractivity contribution >= 4 is 15.9 Å². The van der Waals surface area contributed by atoms with E-state index in [2.05, 4.69) is 16.8 Å². The molecule has 9 heteroatoms. The van der Waals surface area contributed by atoms with Crippen LogP contribution in [0.3, 0.4) is 0 Å². The lowest BCUT2D eigenvalue weighted by atomic mass is 10.0. The minimum absolute atomic E-state index is 0.0257. The number of aliphatic hydroxyl groups excluding tert-OH is 1. The van der Waals surface area contributed by atoms with Gasteiger partial charge in [0.25, 0.3) is 0 Å². The second kappa shape index (κ2) is 10.4. The van der Waals surface area contributed by atoms with E-state index in [4.69, 9.17) is 4.74 Å². The van der Waals surface area contributed by atoms with Gasteiger partial charge < -0.3 is 14.7 Å². The zero-order valence-corrected chi connectivity index (χ0v) is 21.0. The van der Waals surface area contributed by atoms with Crippen molar-refractivity contribution in [2.75, 3.05) is 26.7 Å². The van der Waals surface area contributed by atoms with Crippen LogP contribution >= 0.6 is 0 Å². The van der Waals surface area contributed by atoms with E-state index in [-0.39, 0.29) is 41.5 Å². The van der Waals surface area contributed by atoms with E-state index in [1.165, 1.54) is 10.4 Å². The Morgan fingerprint density at radius 3 is 2.69 bits per heavy atom. The van der Waals surface area contributed by atoms with Crippen LogP contribution in [-0.4, -0.2) is 72.5 Å². The van der Waals surface area contributed by atoms with Crippen LogP contribution in [0, 0.1) is 23.7 Å². The van der Waals surface area contributed by atoms with Crippen LogP contribution in [0.15, 0.2) is 47.6 Å². The molecule has 2 aliphatic rings. The lowest BCUT2D eigenvalue weighted by Crippen LogP contribution is -2.50. The molecule has 1 aromatic carbocycles. The van der Waals surface area contributed by atoms with Crippen molar-refractivity contribution < 1.29 is 23.1 Å². The molecule has 1 amide bonds. The molecule has 1 aliphatic heterocycles. The number of fused-ring (bicyclic) bond motifs is 1. The van der Waals surface area contributed by atoms with Crippen molar-refractivity contribution in [1.29, 1.82) is 0 Å². The molecule has 1 N–H and O–H groups in total. The summed E-state index contributed by atoms with van der Waals surface area (Å²) in [5.41, 5.74) is 1.33. The molecule has 186 valence electrons. The van der Waals surface area contributed by atoms with E-state index in [0.29, 0.717) is 12.1 Å². The van der Waals surface area contributed by atoms with Gasteiger partial charge in [0.2, 0.25) is 15.9 Å². The van der Waals surface area contributed by atoms with Crippen LogP contribution in [0.1, 0.15) is 37.8 Å². The van der Waals surface area contributed by atoms with Gasteiger partial charge in [-0.05, 0) is 50.1 Å². The normalized spacial score (nSPS) is 22.4. The number of nitrogens with zero attached hydrogens (tertiary/aromatic N) is 3. The molecule has 0 unspecified atom stereocenters. The minimum Gasteiger partial charge on any atom is -0.487 e. The average molecular weight is 498 g/mol. The van der Waals surface area contributed by atoms with Crippen LogP contribution in [0.5, 0.6) is 5.75 Å². The van der Waals surface area contributed by atoms with E-state index in [0.717, 1.165) is 18.4 Å². The Balaban J connectivity index is 1.72. The first-order valence-corrected chi connectivity index (χ1v) is 13.2. The lowest BCUT2D eigenvalue weighted by Gasteiger charge is -2.37. The maximum absolute atomic E-state index is 13.6. The molecule has 4 rings (SSSR count). The van der Waals surface area contributed by atoms with E-state index in [9.17, 15) is 18.3 Å². The van der Waals surface area contributed by atoms with Gasteiger partial charge in [0, 0.05) is 55.0 Å². The van der Waals surface area contributed by atoms with Gasteiger partial charge in [0.1, 0.15) is 16.7 Å². The maximum atomic E-state index is 13.6. The third-order valence-corrected chi connectivity index (χ3v) is 8.46. The van der Waals surface area contributed by atoms with Crippen molar-refractivity contribution in [3.8, 4) is 17.6 Å². The van der Waals surface area contributed by atoms with Crippen LogP contribution in [-0.2, 0) is 14.8 Å². The molecule has 0 radical (unpaired) electrons. The number of ether oxygens (including phenoxy) is 1. The highest BCUT2D eigenvalue weighted by Crippen LogP contribution is 2.35. The number of aromatic nitrogens is 1. The average Bonchev–Trinajstić information content (AvgIpc) is 3.70. The molecule has 1 aliphatic carbocycles. The summed E-state index contributed by atoms with van der Waals surface area (Å²) in [6, 6.07) is 7.81. The van der Waals surface area contributed by atoms with Gasteiger partial charge in [-0.15, -0.1) is 0 Å². The molecule has 0 bridgehead atoms. The fourth-order valence-corrected chi connectivity index (χ4v) is 5.93. The highest BCUT2D eigenvalue weighted by molar-refractivity contribution is 7.89. The van der Waals surface area contributed by atoms with Gasteiger partial charge in [-0.3, -0.25) is 9.78 Å². The Bertz CT molecular complexity index is 1230. The monoisotopic (exact) mass is 497 g/mol. The van der Waals surface area contributed by atoms with Crippen LogP contribution in [0.25, 0.3) is 0 Å². The van der Waals surface area contributed by atoms with Crippen molar-refractivity contribution in [3.05, 3.63) is 53.9 Å². The number of hydrogen-bond acceptors (Lipinski definition) is 6. The fraction of sp³-hybridized carbons (Fsp3) is 0.462. The van der Waals surface area contributed by atoms with E-state index in [1.807, 2.05) is 13.0 Å². The molecule has 0 saturated heterocycles. The lowest BCUT2D eigenvalue weighted by molar-refractivity contribution is -0.132. The number of likely N-dealkylation sites (N-methyl/N-ethyl adjacent to an activating group) is 1. The van der Waals surface area contributed by atoms with Gasteiger partial charge in [0.15, 0.2) is 0 Å². The third-order valence-electron chi connectivity index (χ3n) is 6.44. The molecular formula is C26H31N3O5S. The predicted molar refractivity (Wildman–Crippen MR) is 131 cm³/mol.